The summed E-state index contributed by atoms with van der Waals surface area (Å²) in [6.45, 7) is 2.50. The zero-order chi connectivity index (χ0) is 9.38. The Morgan fingerprint density at radius 1 is 1.36 bits per heavy atom. The third-order valence-corrected chi connectivity index (χ3v) is 2.70. The minimum absolute atomic E-state index is 0.259. The summed E-state index contributed by atoms with van der Waals surface area (Å²) >= 11 is 0. The van der Waals surface area contributed by atoms with E-state index in [1.807, 2.05) is 6.07 Å². The van der Waals surface area contributed by atoms with Gasteiger partial charge in [0, 0.05) is 18.3 Å². The molecule has 0 aromatic heterocycles. The van der Waals surface area contributed by atoms with E-state index in [0.717, 1.165) is 31.9 Å². The number of hydrogen-bond donors (Lipinski definition) is 1. The van der Waals surface area contributed by atoms with Crippen molar-refractivity contribution in [2.45, 2.75) is 12.5 Å². The molecule has 1 aromatic carbocycles. The summed E-state index contributed by atoms with van der Waals surface area (Å²) in [4.78, 5) is 0. The molecule has 1 N–H and O–H groups in total. The maximum atomic E-state index is 5.71. The van der Waals surface area contributed by atoms with E-state index in [-0.39, 0.29) is 6.10 Å². The summed E-state index contributed by atoms with van der Waals surface area (Å²) < 4.78 is 10.8. The van der Waals surface area contributed by atoms with E-state index < -0.39 is 0 Å². The van der Waals surface area contributed by atoms with Crippen LogP contribution in [0.2, 0.25) is 0 Å². The van der Waals surface area contributed by atoms with Crippen LogP contribution in [0.5, 0.6) is 5.75 Å². The number of ether oxygens (including phenoxy) is 2. The van der Waals surface area contributed by atoms with E-state index >= 15 is 0 Å². The highest BCUT2D eigenvalue weighted by molar-refractivity contribution is 5.58. The Morgan fingerprint density at radius 2 is 2.29 bits per heavy atom. The molecule has 0 amide bonds. The molecule has 74 valence electrons. The van der Waals surface area contributed by atoms with E-state index in [1.54, 1.807) is 0 Å². The summed E-state index contributed by atoms with van der Waals surface area (Å²) in [5.41, 5.74) is 2.62. The maximum absolute atomic E-state index is 5.71. The minimum Gasteiger partial charge on any atom is -0.486 e. The molecule has 0 radical (unpaired) electrons. The number of rotatable bonds is 2. The average molecular weight is 191 g/mol. The summed E-state index contributed by atoms with van der Waals surface area (Å²) in [5, 5.41) is 3.34. The number of benzene rings is 1. The van der Waals surface area contributed by atoms with Gasteiger partial charge in [-0.05, 0) is 18.1 Å². The van der Waals surface area contributed by atoms with Crippen LogP contribution in [0.4, 0.5) is 5.69 Å². The maximum Gasteiger partial charge on any atom is 0.145 e. The second-order valence-electron chi connectivity index (χ2n) is 3.77. The lowest BCUT2D eigenvalue weighted by atomic mass is 10.1. The lowest BCUT2D eigenvalue weighted by molar-refractivity contribution is -0.0796. The summed E-state index contributed by atoms with van der Waals surface area (Å²) in [6, 6.07) is 6.27. The second-order valence-corrected chi connectivity index (χ2v) is 3.77. The van der Waals surface area contributed by atoms with Gasteiger partial charge >= 0.3 is 0 Å². The van der Waals surface area contributed by atoms with Crippen molar-refractivity contribution in [2.24, 2.45) is 0 Å². The molecule has 2 heterocycles. The van der Waals surface area contributed by atoms with Crippen LogP contribution >= 0.6 is 0 Å². The van der Waals surface area contributed by atoms with Gasteiger partial charge in [0.25, 0.3) is 0 Å². The molecule has 2 aliphatic rings. The van der Waals surface area contributed by atoms with E-state index in [9.17, 15) is 0 Å². The third-order valence-electron chi connectivity index (χ3n) is 2.70. The van der Waals surface area contributed by atoms with Gasteiger partial charge in [0.05, 0.1) is 13.2 Å². The first kappa shape index (κ1) is 8.12. The van der Waals surface area contributed by atoms with E-state index in [2.05, 4.69) is 17.4 Å². The highest BCUT2D eigenvalue weighted by atomic mass is 16.6. The Morgan fingerprint density at radius 3 is 3.07 bits per heavy atom. The number of hydrogen-bond acceptors (Lipinski definition) is 3. The molecule has 3 heteroatoms. The van der Waals surface area contributed by atoms with Crippen molar-refractivity contribution < 1.29 is 9.47 Å². The average Bonchev–Trinajstić information content (AvgIpc) is 2.58. The minimum atomic E-state index is 0.259. The predicted molar refractivity (Wildman–Crippen MR) is 53.9 cm³/mol. The van der Waals surface area contributed by atoms with E-state index in [1.165, 1.54) is 11.3 Å². The molecule has 1 saturated heterocycles. The lowest BCUT2D eigenvalue weighted by Crippen LogP contribution is -2.38. The smallest absolute Gasteiger partial charge is 0.145 e. The van der Waals surface area contributed by atoms with Gasteiger partial charge in [0.1, 0.15) is 11.9 Å². The Hall–Kier alpha value is -1.22. The second kappa shape index (κ2) is 3.17. The topological polar surface area (TPSA) is 30.5 Å². The number of nitrogens with one attached hydrogen (secondary N) is 1. The van der Waals surface area contributed by atoms with Crippen LogP contribution in [0.15, 0.2) is 18.2 Å². The normalized spacial score (nSPS) is 19.7. The molecule has 0 aliphatic carbocycles. The fraction of sp³-hybridized carbons (Fsp3) is 0.455. The van der Waals surface area contributed by atoms with Crippen molar-refractivity contribution in [3.8, 4) is 5.75 Å². The van der Waals surface area contributed by atoms with E-state index in [0.29, 0.717) is 0 Å². The van der Waals surface area contributed by atoms with Crippen molar-refractivity contribution in [3.05, 3.63) is 23.8 Å². The lowest BCUT2D eigenvalue weighted by Gasteiger charge is -2.26. The molecule has 3 nitrogen and oxygen atoms in total. The molecule has 0 saturated carbocycles. The summed E-state index contributed by atoms with van der Waals surface area (Å²) in [7, 11) is 0. The largest absolute Gasteiger partial charge is 0.486 e. The first-order valence-electron chi connectivity index (χ1n) is 5.03. The van der Waals surface area contributed by atoms with Gasteiger partial charge in [-0.1, -0.05) is 6.07 Å². The summed E-state index contributed by atoms with van der Waals surface area (Å²) in [6.07, 6.45) is 1.39. The molecule has 1 aromatic rings. The monoisotopic (exact) mass is 191 g/mol. The van der Waals surface area contributed by atoms with Gasteiger partial charge in [-0.15, -0.1) is 0 Å². The molecular weight excluding hydrogens is 178 g/mol. The van der Waals surface area contributed by atoms with Gasteiger partial charge in [-0.2, -0.15) is 0 Å². The first-order chi connectivity index (χ1) is 6.92. The Balaban J connectivity index is 1.78. The number of anilines is 1. The third kappa shape index (κ3) is 1.34. The van der Waals surface area contributed by atoms with Crippen molar-refractivity contribution in [1.82, 2.24) is 0 Å². The SMILES string of the molecule is c1cc2c(cc1OC1COC1)NCC2. The zero-order valence-electron chi connectivity index (χ0n) is 7.95. The molecule has 0 unspecified atom stereocenters. The fourth-order valence-corrected chi connectivity index (χ4v) is 1.82. The van der Waals surface area contributed by atoms with Crippen LogP contribution in [0.3, 0.4) is 0 Å². The molecule has 2 aliphatic heterocycles. The standard InChI is InChI=1S/C11H13NO2/c1-2-9(14-10-6-13-7-10)5-11-8(1)3-4-12-11/h1-2,5,10,12H,3-4,6-7H2. The molecule has 3 rings (SSSR count). The first-order valence-corrected chi connectivity index (χ1v) is 5.03. The molecule has 0 atom stereocenters. The molecule has 0 spiro atoms. The molecule has 0 bridgehead atoms. The Kier molecular flexibility index (Phi) is 1.84. The van der Waals surface area contributed by atoms with Gasteiger partial charge < -0.3 is 14.8 Å². The van der Waals surface area contributed by atoms with Gasteiger partial charge in [-0.3, -0.25) is 0 Å². The van der Waals surface area contributed by atoms with E-state index in [4.69, 9.17) is 9.47 Å². The molecule has 1 fully saturated rings. The summed E-state index contributed by atoms with van der Waals surface area (Å²) in [5.74, 6) is 0.950. The Labute approximate surface area is 83.0 Å². The van der Waals surface area contributed by atoms with Gasteiger partial charge in [0.15, 0.2) is 0 Å². The number of fused-ring (bicyclic) bond motifs is 1. The molecule has 14 heavy (non-hydrogen) atoms. The van der Waals surface area contributed by atoms with Crippen LogP contribution in [0, 0.1) is 0 Å². The van der Waals surface area contributed by atoms with Crippen molar-refractivity contribution in [1.29, 1.82) is 0 Å². The van der Waals surface area contributed by atoms with Crippen molar-refractivity contribution in [2.75, 3.05) is 25.1 Å². The van der Waals surface area contributed by atoms with Crippen molar-refractivity contribution in [3.63, 3.8) is 0 Å². The Bertz CT molecular complexity index is 347. The van der Waals surface area contributed by atoms with Crippen LogP contribution in [0.1, 0.15) is 5.56 Å². The zero-order valence-corrected chi connectivity index (χ0v) is 7.95. The van der Waals surface area contributed by atoms with Crippen LogP contribution < -0.4 is 10.1 Å². The van der Waals surface area contributed by atoms with Crippen LogP contribution in [-0.2, 0) is 11.2 Å². The van der Waals surface area contributed by atoms with Gasteiger partial charge in [-0.25, -0.2) is 0 Å². The fourth-order valence-electron chi connectivity index (χ4n) is 1.82. The highest BCUT2D eigenvalue weighted by Crippen LogP contribution is 2.27. The van der Waals surface area contributed by atoms with Crippen molar-refractivity contribution >= 4 is 5.69 Å². The highest BCUT2D eigenvalue weighted by Gasteiger charge is 2.20. The quantitative estimate of drug-likeness (QED) is 0.767. The van der Waals surface area contributed by atoms with Crippen LogP contribution in [-0.4, -0.2) is 25.9 Å². The predicted octanol–water partition coefficient (Wildman–Crippen LogP) is 1.43. The van der Waals surface area contributed by atoms with Crippen LogP contribution in [0.25, 0.3) is 0 Å². The van der Waals surface area contributed by atoms with Gasteiger partial charge in [0.2, 0.25) is 0 Å². The molecular formula is C11H13NO2.